The fraction of sp³-hybridized carbons (Fsp3) is 0.333. The minimum Gasteiger partial charge on any atom is -0.336 e. The van der Waals surface area contributed by atoms with Crippen LogP contribution in [-0.2, 0) is 0 Å². The van der Waals surface area contributed by atoms with E-state index in [1.165, 1.54) is 12.1 Å². The number of benzene rings is 1. The molecule has 1 amide bonds. The third kappa shape index (κ3) is 2.80. The quantitative estimate of drug-likeness (QED) is 0.930. The highest BCUT2D eigenvalue weighted by Gasteiger charge is 2.25. The van der Waals surface area contributed by atoms with Crippen LogP contribution in [0.2, 0.25) is 0 Å². The van der Waals surface area contributed by atoms with Crippen molar-refractivity contribution in [1.29, 1.82) is 0 Å². The molecule has 0 saturated carbocycles. The molecule has 1 aliphatic heterocycles. The molecule has 3 rings (SSSR count). The summed E-state index contributed by atoms with van der Waals surface area (Å²) in [7, 11) is 1.80. The lowest BCUT2D eigenvalue weighted by atomic mass is 10.2. The number of nitrogens with zero attached hydrogens (tertiary/aromatic N) is 3. The maximum absolute atomic E-state index is 12.9. The molecular formula is C15H17FN4O. The molecule has 0 radical (unpaired) electrons. The summed E-state index contributed by atoms with van der Waals surface area (Å²) in [6.07, 6.45) is 2.67. The largest absolute Gasteiger partial charge is 0.336 e. The number of hydrogen-bond acceptors (Lipinski definition) is 3. The van der Waals surface area contributed by atoms with Gasteiger partial charge in [-0.15, -0.1) is 0 Å². The first-order valence-corrected chi connectivity index (χ1v) is 6.94. The summed E-state index contributed by atoms with van der Waals surface area (Å²) in [5, 5.41) is 7.53. The van der Waals surface area contributed by atoms with E-state index in [0.717, 1.165) is 25.2 Å². The van der Waals surface area contributed by atoms with Crippen molar-refractivity contribution in [3.05, 3.63) is 48.0 Å². The molecule has 1 aromatic carbocycles. The Labute approximate surface area is 122 Å². The van der Waals surface area contributed by atoms with Crippen LogP contribution in [0.25, 0.3) is 5.69 Å². The maximum atomic E-state index is 12.9. The van der Waals surface area contributed by atoms with Crippen LogP contribution in [0.3, 0.4) is 0 Å². The van der Waals surface area contributed by atoms with Crippen LogP contribution >= 0.6 is 0 Å². The average molecular weight is 288 g/mol. The van der Waals surface area contributed by atoms with E-state index in [-0.39, 0.29) is 17.8 Å². The van der Waals surface area contributed by atoms with Gasteiger partial charge in [-0.3, -0.25) is 4.79 Å². The van der Waals surface area contributed by atoms with Gasteiger partial charge >= 0.3 is 0 Å². The molecule has 1 N–H and O–H groups in total. The summed E-state index contributed by atoms with van der Waals surface area (Å²) in [4.78, 5) is 14.1. The number of amides is 1. The Kier molecular flexibility index (Phi) is 3.70. The van der Waals surface area contributed by atoms with Crippen molar-refractivity contribution in [2.45, 2.75) is 12.5 Å². The van der Waals surface area contributed by atoms with Gasteiger partial charge in [0, 0.05) is 25.8 Å². The minimum absolute atomic E-state index is 0.0930. The number of carbonyl (C=O) groups excluding carboxylic acids is 1. The van der Waals surface area contributed by atoms with Crippen LogP contribution in [0.5, 0.6) is 0 Å². The molecule has 0 spiro atoms. The zero-order valence-electron chi connectivity index (χ0n) is 11.8. The first-order valence-electron chi connectivity index (χ1n) is 6.94. The molecule has 1 saturated heterocycles. The van der Waals surface area contributed by atoms with Crippen molar-refractivity contribution in [2.24, 2.45) is 0 Å². The smallest absolute Gasteiger partial charge is 0.274 e. The number of carbonyl (C=O) groups is 1. The third-order valence-corrected chi connectivity index (χ3v) is 3.80. The molecule has 1 atom stereocenters. The van der Waals surface area contributed by atoms with E-state index in [2.05, 4.69) is 10.4 Å². The molecule has 110 valence electrons. The van der Waals surface area contributed by atoms with Gasteiger partial charge in [-0.1, -0.05) is 0 Å². The van der Waals surface area contributed by atoms with E-state index in [0.29, 0.717) is 5.69 Å². The van der Waals surface area contributed by atoms with Crippen LogP contribution in [0.1, 0.15) is 16.9 Å². The summed E-state index contributed by atoms with van der Waals surface area (Å²) in [6.45, 7) is 1.76. The molecule has 5 nitrogen and oxygen atoms in total. The second kappa shape index (κ2) is 5.65. The van der Waals surface area contributed by atoms with E-state index in [1.807, 2.05) is 0 Å². The molecule has 2 aromatic rings. The Bertz CT molecular complexity index is 631. The van der Waals surface area contributed by atoms with Gasteiger partial charge in [0.15, 0.2) is 5.69 Å². The Morgan fingerprint density at radius 3 is 2.81 bits per heavy atom. The summed E-state index contributed by atoms with van der Waals surface area (Å²) >= 11 is 0. The Morgan fingerprint density at radius 2 is 2.14 bits per heavy atom. The lowest BCUT2D eigenvalue weighted by Gasteiger charge is -2.22. The normalized spacial score (nSPS) is 17.9. The number of halogens is 1. The highest BCUT2D eigenvalue weighted by Crippen LogP contribution is 2.13. The van der Waals surface area contributed by atoms with Gasteiger partial charge in [0.25, 0.3) is 5.91 Å². The van der Waals surface area contributed by atoms with Gasteiger partial charge in [0.05, 0.1) is 5.69 Å². The van der Waals surface area contributed by atoms with Gasteiger partial charge in [-0.2, -0.15) is 5.10 Å². The van der Waals surface area contributed by atoms with E-state index >= 15 is 0 Å². The van der Waals surface area contributed by atoms with E-state index < -0.39 is 0 Å². The van der Waals surface area contributed by atoms with Gasteiger partial charge in [-0.25, -0.2) is 9.07 Å². The van der Waals surface area contributed by atoms with Gasteiger partial charge in [0.2, 0.25) is 0 Å². The first kappa shape index (κ1) is 13.8. The molecule has 1 unspecified atom stereocenters. The second-order valence-electron chi connectivity index (χ2n) is 5.18. The molecule has 0 bridgehead atoms. The standard InChI is InChI=1S/C15H17FN4O/c1-19(13-6-8-17-10-13)15(21)14-7-9-20(18-14)12-4-2-11(16)3-5-12/h2-5,7,9,13,17H,6,8,10H2,1H3. The lowest BCUT2D eigenvalue weighted by molar-refractivity contribution is 0.0737. The molecule has 1 fully saturated rings. The predicted octanol–water partition coefficient (Wildman–Crippen LogP) is 1.45. The second-order valence-corrected chi connectivity index (χ2v) is 5.18. The predicted molar refractivity (Wildman–Crippen MR) is 76.9 cm³/mol. The van der Waals surface area contributed by atoms with Crippen molar-refractivity contribution < 1.29 is 9.18 Å². The van der Waals surface area contributed by atoms with Crippen molar-refractivity contribution in [3.8, 4) is 5.69 Å². The molecule has 1 aromatic heterocycles. The van der Waals surface area contributed by atoms with Gasteiger partial charge in [-0.05, 0) is 43.3 Å². The minimum atomic E-state index is -0.296. The first-order chi connectivity index (χ1) is 10.1. The number of rotatable bonds is 3. The van der Waals surface area contributed by atoms with Crippen molar-refractivity contribution >= 4 is 5.91 Å². The number of likely N-dealkylation sites (N-methyl/N-ethyl adjacent to an activating group) is 1. The fourth-order valence-electron chi connectivity index (χ4n) is 2.49. The van der Waals surface area contributed by atoms with E-state index in [1.54, 1.807) is 41.0 Å². The van der Waals surface area contributed by atoms with Crippen LogP contribution in [0.4, 0.5) is 4.39 Å². The number of nitrogens with one attached hydrogen (secondary N) is 1. The molecule has 6 heteroatoms. The molecule has 1 aliphatic rings. The van der Waals surface area contributed by atoms with Crippen molar-refractivity contribution in [1.82, 2.24) is 20.0 Å². The number of hydrogen-bond donors (Lipinski definition) is 1. The van der Waals surface area contributed by atoms with E-state index in [9.17, 15) is 9.18 Å². The zero-order chi connectivity index (χ0) is 14.8. The highest BCUT2D eigenvalue weighted by atomic mass is 19.1. The molecule has 2 heterocycles. The van der Waals surface area contributed by atoms with Crippen molar-refractivity contribution in [2.75, 3.05) is 20.1 Å². The van der Waals surface area contributed by atoms with E-state index in [4.69, 9.17) is 0 Å². The topological polar surface area (TPSA) is 50.2 Å². The Morgan fingerprint density at radius 1 is 1.38 bits per heavy atom. The summed E-state index contributed by atoms with van der Waals surface area (Å²) in [5.41, 5.74) is 1.12. The summed E-state index contributed by atoms with van der Waals surface area (Å²) in [6, 6.07) is 7.89. The zero-order valence-corrected chi connectivity index (χ0v) is 11.8. The van der Waals surface area contributed by atoms with Gasteiger partial charge < -0.3 is 10.2 Å². The molecule has 0 aliphatic carbocycles. The maximum Gasteiger partial charge on any atom is 0.274 e. The van der Waals surface area contributed by atoms with Crippen LogP contribution < -0.4 is 5.32 Å². The highest BCUT2D eigenvalue weighted by molar-refractivity contribution is 5.92. The van der Waals surface area contributed by atoms with Gasteiger partial charge in [0.1, 0.15) is 5.82 Å². The summed E-state index contributed by atoms with van der Waals surface area (Å²) in [5.74, 6) is -0.389. The van der Waals surface area contributed by atoms with Crippen molar-refractivity contribution in [3.63, 3.8) is 0 Å². The molecular weight excluding hydrogens is 271 g/mol. The van der Waals surface area contributed by atoms with Crippen LogP contribution in [0, 0.1) is 5.82 Å². The fourth-order valence-corrected chi connectivity index (χ4v) is 2.49. The van der Waals surface area contributed by atoms with Crippen LogP contribution in [-0.4, -0.2) is 46.8 Å². The SMILES string of the molecule is CN(C(=O)c1ccn(-c2ccc(F)cc2)n1)C1CCNC1. The van der Waals surface area contributed by atoms with Crippen LogP contribution in [0.15, 0.2) is 36.5 Å². The number of aromatic nitrogens is 2. The monoisotopic (exact) mass is 288 g/mol. The summed E-state index contributed by atoms with van der Waals surface area (Å²) < 4.78 is 14.5. The Hall–Kier alpha value is -2.21. The lowest BCUT2D eigenvalue weighted by Crippen LogP contribution is -2.38. The third-order valence-electron chi connectivity index (χ3n) is 3.80. The average Bonchev–Trinajstić information content (AvgIpc) is 3.18. The Balaban J connectivity index is 1.77. The molecule has 21 heavy (non-hydrogen) atoms.